The molecule has 1 N–H and O–H groups in total. The maximum absolute atomic E-state index is 6.18. The Labute approximate surface area is 162 Å². The van der Waals surface area contributed by atoms with Crippen LogP contribution in [0, 0.1) is 0 Å². The fourth-order valence-corrected chi connectivity index (χ4v) is 3.34. The van der Waals surface area contributed by atoms with Crippen LogP contribution < -0.4 is 10.1 Å². The summed E-state index contributed by atoms with van der Waals surface area (Å²) in [5.74, 6) is 1.54. The topological polar surface area (TPSA) is 47.0 Å². The van der Waals surface area contributed by atoms with Crippen LogP contribution in [0.3, 0.4) is 0 Å². The second-order valence-electron chi connectivity index (χ2n) is 6.07. The molecule has 0 amide bonds. The van der Waals surface area contributed by atoms with Crippen molar-refractivity contribution in [3.05, 3.63) is 83.6 Å². The summed E-state index contributed by atoms with van der Waals surface area (Å²) in [6.07, 6.45) is 0. The molecule has 0 aliphatic carbocycles. The largest absolute Gasteiger partial charge is 0.496 e. The summed E-state index contributed by atoms with van der Waals surface area (Å²) < 4.78 is 5.44. The van der Waals surface area contributed by atoms with Gasteiger partial charge in [-0.1, -0.05) is 60.7 Å². The lowest BCUT2D eigenvalue weighted by atomic mass is 10.0. The average molecular weight is 376 g/mol. The Kier molecular flexibility index (Phi) is 4.90. The molecule has 0 spiro atoms. The molecule has 5 heteroatoms. The van der Waals surface area contributed by atoms with E-state index in [0.717, 1.165) is 33.3 Å². The SMILES string of the molecule is COc1ccccc1CNc1nc(Cl)nc2cccc(-c3ccccc3)c12. The fraction of sp³-hybridized carbons (Fsp3) is 0.0909. The highest BCUT2D eigenvalue weighted by Crippen LogP contribution is 2.33. The van der Waals surface area contributed by atoms with E-state index in [1.54, 1.807) is 7.11 Å². The van der Waals surface area contributed by atoms with Gasteiger partial charge in [-0.3, -0.25) is 0 Å². The molecule has 0 saturated carbocycles. The first-order valence-corrected chi connectivity index (χ1v) is 9.01. The van der Waals surface area contributed by atoms with Gasteiger partial charge < -0.3 is 10.1 Å². The number of anilines is 1. The zero-order valence-electron chi connectivity index (χ0n) is 14.8. The first-order chi connectivity index (χ1) is 13.3. The molecule has 0 aliphatic rings. The number of halogens is 1. The number of ether oxygens (including phenoxy) is 1. The standard InChI is InChI=1S/C22H18ClN3O/c1-27-19-13-6-5-10-16(19)14-24-21-20-17(15-8-3-2-4-9-15)11-7-12-18(20)25-22(23)26-21/h2-13H,14H2,1H3,(H,24,25,26). The van der Waals surface area contributed by atoms with E-state index in [0.29, 0.717) is 12.4 Å². The third kappa shape index (κ3) is 3.57. The summed E-state index contributed by atoms with van der Waals surface area (Å²) in [6, 6.07) is 24.1. The van der Waals surface area contributed by atoms with Gasteiger partial charge in [-0.15, -0.1) is 0 Å². The molecule has 0 fully saturated rings. The van der Waals surface area contributed by atoms with Crippen molar-refractivity contribution in [2.75, 3.05) is 12.4 Å². The minimum absolute atomic E-state index is 0.218. The number of methoxy groups -OCH3 is 1. The van der Waals surface area contributed by atoms with Gasteiger partial charge in [0.05, 0.1) is 18.0 Å². The predicted octanol–water partition coefficient (Wildman–Crippen LogP) is 5.57. The number of rotatable bonds is 5. The Bertz CT molecular complexity index is 1080. The van der Waals surface area contributed by atoms with Crippen LogP contribution >= 0.6 is 11.6 Å². The third-order valence-corrected chi connectivity index (χ3v) is 4.59. The van der Waals surface area contributed by atoms with Crippen LogP contribution in [0.4, 0.5) is 5.82 Å². The van der Waals surface area contributed by atoms with Crippen LogP contribution in [-0.2, 0) is 6.54 Å². The van der Waals surface area contributed by atoms with E-state index >= 15 is 0 Å². The first kappa shape index (κ1) is 17.3. The number of hydrogen-bond donors (Lipinski definition) is 1. The summed E-state index contributed by atoms with van der Waals surface area (Å²) in [5, 5.41) is 4.58. The zero-order valence-corrected chi connectivity index (χ0v) is 15.6. The molecule has 4 rings (SSSR count). The molecule has 0 bridgehead atoms. The molecule has 27 heavy (non-hydrogen) atoms. The highest BCUT2D eigenvalue weighted by atomic mass is 35.5. The maximum atomic E-state index is 6.18. The lowest BCUT2D eigenvalue weighted by Gasteiger charge is -2.14. The Morgan fingerprint density at radius 2 is 1.67 bits per heavy atom. The van der Waals surface area contributed by atoms with Crippen molar-refractivity contribution in [1.29, 1.82) is 0 Å². The molecule has 4 aromatic rings. The monoisotopic (exact) mass is 375 g/mol. The molecular formula is C22H18ClN3O. The second-order valence-corrected chi connectivity index (χ2v) is 6.41. The van der Waals surface area contributed by atoms with Gasteiger partial charge in [0.2, 0.25) is 5.28 Å². The Morgan fingerprint density at radius 1 is 0.889 bits per heavy atom. The highest BCUT2D eigenvalue weighted by molar-refractivity contribution is 6.29. The molecule has 0 radical (unpaired) electrons. The van der Waals surface area contributed by atoms with Gasteiger partial charge in [0.1, 0.15) is 11.6 Å². The lowest BCUT2D eigenvalue weighted by Crippen LogP contribution is -2.05. The number of benzene rings is 3. The van der Waals surface area contributed by atoms with Gasteiger partial charge in [-0.2, -0.15) is 0 Å². The van der Waals surface area contributed by atoms with Crippen LogP contribution in [0.15, 0.2) is 72.8 Å². The minimum Gasteiger partial charge on any atom is -0.496 e. The summed E-state index contributed by atoms with van der Waals surface area (Å²) in [5.41, 5.74) is 4.01. The number of hydrogen-bond acceptors (Lipinski definition) is 4. The van der Waals surface area contributed by atoms with E-state index in [9.17, 15) is 0 Å². The van der Waals surface area contributed by atoms with Crippen molar-refractivity contribution in [2.24, 2.45) is 0 Å². The minimum atomic E-state index is 0.218. The molecule has 0 aliphatic heterocycles. The highest BCUT2D eigenvalue weighted by Gasteiger charge is 2.13. The van der Waals surface area contributed by atoms with E-state index in [4.69, 9.17) is 16.3 Å². The number of fused-ring (bicyclic) bond motifs is 1. The van der Waals surface area contributed by atoms with Gasteiger partial charge in [0.15, 0.2) is 0 Å². The number of aromatic nitrogens is 2. The lowest BCUT2D eigenvalue weighted by molar-refractivity contribution is 0.410. The zero-order chi connectivity index (χ0) is 18.6. The van der Waals surface area contributed by atoms with Crippen LogP contribution in [0.25, 0.3) is 22.0 Å². The fourth-order valence-electron chi connectivity index (χ4n) is 3.17. The van der Waals surface area contributed by atoms with Crippen LogP contribution in [0.5, 0.6) is 5.75 Å². The molecule has 4 nitrogen and oxygen atoms in total. The molecule has 3 aromatic carbocycles. The maximum Gasteiger partial charge on any atom is 0.224 e. The molecule has 0 unspecified atom stereocenters. The van der Waals surface area contributed by atoms with Gasteiger partial charge in [0, 0.05) is 12.1 Å². The Balaban J connectivity index is 1.80. The summed E-state index contributed by atoms with van der Waals surface area (Å²) in [7, 11) is 1.67. The smallest absolute Gasteiger partial charge is 0.224 e. The Morgan fingerprint density at radius 3 is 2.48 bits per heavy atom. The van der Waals surface area contributed by atoms with Gasteiger partial charge in [-0.05, 0) is 34.9 Å². The normalized spacial score (nSPS) is 10.7. The molecule has 1 aromatic heterocycles. The van der Waals surface area contributed by atoms with Gasteiger partial charge >= 0.3 is 0 Å². The van der Waals surface area contributed by atoms with Gasteiger partial charge in [0.25, 0.3) is 0 Å². The molecule has 0 atom stereocenters. The molecule has 0 saturated heterocycles. The molecular weight excluding hydrogens is 358 g/mol. The average Bonchev–Trinajstić information content (AvgIpc) is 2.72. The number of nitrogens with zero attached hydrogens (tertiary/aromatic N) is 2. The van der Waals surface area contributed by atoms with Crippen molar-refractivity contribution in [3.8, 4) is 16.9 Å². The quantitative estimate of drug-likeness (QED) is 0.463. The number of nitrogens with one attached hydrogen (secondary N) is 1. The van der Waals surface area contributed by atoms with E-state index in [1.807, 2.05) is 54.6 Å². The van der Waals surface area contributed by atoms with Crippen molar-refractivity contribution in [1.82, 2.24) is 9.97 Å². The second kappa shape index (κ2) is 7.64. The van der Waals surface area contributed by atoms with Crippen molar-refractivity contribution >= 4 is 28.3 Å². The Hall–Kier alpha value is -3.11. The van der Waals surface area contributed by atoms with Gasteiger partial charge in [-0.25, -0.2) is 9.97 Å². The predicted molar refractivity (Wildman–Crippen MR) is 110 cm³/mol. The van der Waals surface area contributed by atoms with Crippen LogP contribution in [0.1, 0.15) is 5.56 Å². The molecule has 1 heterocycles. The van der Waals surface area contributed by atoms with E-state index in [-0.39, 0.29) is 5.28 Å². The van der Waals surface area contributed by atoms with E-state index in [2.05, 4.69) is 33.5 Å². The van der Waals surface area contributed by atoms with Crippen LogP contribution in [-0.4, -0.2) is 17.1 Å². The van der Waals surface area contributed by atoms with E-state index < -0.39 is 0 Å². The summed E-state index contributed by atoms with van der Waals surface area (Å²) in [4.78, 5) is 8.86. The summed E-state index contributed by atoms with van der Waals surface area (Å²) in [6.45, 7) is 0.565. The third-order valence-electron chi connectivity index (χ3n) is 4.42. The first-order valence-electron chi connectivity index (χ1n) is 8.63. The van der Waals surface area contributed by atoms with E-state index in [1.165, 1.54) is 0 Å². The summed E-state index contributed by atoms with van der Waals surface area (Å²) >= 11 is 6.18. The van der Waals surface area contributed by atoms with Crippen molar-refractivity contribution < 1.29 is 4.74 Å². The van der Waals surface area contributed by atoms with Crippen molar-refractivity contribution in [2.45, 2.75) is 6.54 Å². The van der Waals surface area contributed by atoms with Crippen molar-refractivity contribution in [3.63, 3.8) is 0 Å². The number of para-hydroxylation sites is 1. The molecule has 134 valence electrons. The van der Waals surface area contributed by atoms with Crippen LogP contribution in [0.2, 0.25) is 5.28 Å².